The van der Waals surface area contributed by atoms with Crippen LogP contribution in [0, 0.1) is 0 Å². The molecule has 0 saturated carbocycles. The van der Waals surface area contributed by atoms with E-state index in [1.807, 2.05) is 12.1 Å². The maximum absolute atomic E-state index is 11.6. The fourth-order valence-corrected chi connectivity index (χ4v) is 3.48. The Balaban J connectivity index is 2.14. The van der Waals surface area contributed by atoms with Crippen molar-refractivity contribution in [2.75, 3.05) is 12.9 Å². The van der Waals surface area contributed by atoms with Crippen LogP contribution in [0.25, 0.3) is 0 Å². The lowest BCUT2D eigenvalue weighted by atomic mass is 10.0. The maximum atomic E-state index is 11.6. The number of rotatable bonds is 2. The molecule has 3 unspecified atom stereocenters. The highest BCUT2D eigenvalue weighted by atomic mass is 79.9. The van der Waals surface area contributed by atoms with E-state index in [1.54, 1.807) is 11.8 Å². The van der Waals surface area contributed by atoms with Crippen LogP contribution in [0.3, 0.4) is 0 Å². The lowest BCUT2D eigenvalue weighted by Crippen LogP contribution is -2.48. The van der Waals surface area contributed by atoms with Crippen molar-refractivity contribution in [1.82, 2.24) is 5.32 Å². The Labute approximate surface area is 120 Å². The number of nitrogens with one attached hydrogen (secondary N) is 1. The van der Waals surface area contributed by atoms with E-state index in [9.17, 15) is 4.79 Å². The molecule has 0 radical (unpaired) electrons. The van der Waals surface area contributed by atoms with Crippen LogP contribution in [0.4, 0.5) is 0 Å². The van der Waals surface area contributed by atoms with Crippen molar-refractivity contribution in [1.29, 1.82) is 0 Å². The lowest BCUT2D eigenvalue weighted by molar-refractivity contribution is -0.142. The van der Waals surface area contributed by atoms with Gasteiger partial charge in [-0.25, -0.2) is 0 Å². The summed E-state index contributed by atoms with van der Waals surface area (Å²) in [5.74, 6) is 0.581. The number of benzene rings is 1. The summed E-state index contributed by atoms with van der Waals surface area (Å²) in [6.07, 6.45) is 0. The topological polar surface area (TPSA) is 38.3 Å². The molecule has 98 valence electrons. The number of thioether (sulfide) groups is 1. The fraction of sp³-hybridized carbons (Fsp3) is 0.462. The van der Waals surface area contributed by atoms with Crippen molar-refractivity contribution in [3.8, 4) is 0 Å². The normalized spacial score (nSPS) is 27.8. The summed E-state index contributed by atoms with van der Waals surface area (Å²) in [5.41, 5.74) is 1.20. The number of ether oxygens (including phenoxy) is 1. The molecule has 1 saturated heterocycles. The molecule has 0 bridgehead atoms. The number of carbonyl (C=O) groups is 1. The quantitative estimate of drug-likeness (QED) is 0.847. The first-order valence-corrected chi connectivity index (χ1v) is 7.67. The molecule has 1 N–H and O–H groups in total. The molecule has 1 heterocycles. The van der Waals surface area contributed by atoms with Crippen molar-refractivity contribution in [3.05, 3.63) is 34.3 Å². The zero-order valence-corrected chi connectivity index (χ0v) is 12.8. The average molecular weight is 330 g/mol. The van der Waals surface area contributed by atoms with Gasteiger partial charge < -0.3 is 4.74 Å². The smallest absolute Gasteiger partial charge is 0.323 e. The number of esters is 1. The minimum Gasteiger partial charge on any atom is -0.468 e. The summed E-state index contributed by atoms with van der Waals surface area (Å²) in [6, 6.07) is 8.18. The van der Waals surface area contributed by atoms with Crippen LogP contribution in [0.2, 0.25) is 0 Å². The predicted octanol–water partition coefficient (Wildman–Crippen LogP) is 2.76. The predicted molar refractivity (Wildman–Crippen MR) is 77.7 cm³/mol. The fourth-order valence-electron chi connectivity index (χ4n) is 2.06. The van der Waals surface area contributed by atoms with Gasteiger partial charge in [-0.2, -0.15) is 11.8 Å². The van der Waals surface area contributed by atoms with Crippen LogP contribution in [0.5, 0.6) is 0 Å². The van der Waals surface area contributed by atoms with E-state index in [4.69, 9.17) is 4.74 Å². The molecule has 1 fully saturated rings. The third-order valence-corrected chi connectivity index (χ3v) is 4.94. The van der Waals surface area contributed by atoms with Gasteiger partial charge in [-0.1, -0.05) is 35.0 Å². The first-order valence-electron chi connectivity index (χ1n) is 5.82. The number of hydrogen-bond donors (Lipinski definition) is 1. The number of methoxy groups -OCH3 is 1. The number of carbonyl (C=O) groups excluding carboxylic acids is 1. The van der Waals surface area contributed by atoms with Crippen molar-refractivity contribution in [2.24, 2.45) is 0 Å². The lowest BCUT2D eigenvalue weighted by Gasteiger charge is -2.34. The average Bonchev–Trinajstić information content (AvgIpc) is 2.39. The zero-order valence-electron chi connectivity index (χ0n) is 10.4. The van der Waals surface area contributed by atoms with Crippen LogP contribution < -0.4 is 5.32 Å². The second-order valence-electron chi connectivity index (χ2n) is 4.31. The van der Waals surface area contributed by atoms with E-state index in [2.05, 4.69) is 40.3 Å². The molecule has 2 rings (SSSR count). The minimum absolute atomic E-state index is 0.181. The monoisotopic (exact) mass is 329 g/mol. The van der Waals surface area contributed by atoms with Gasteiger partial charge in [0.1, 0.15) is 6.04 Å². The molecule has 1 aliphatic rings. The van der Waals surface area contributed by atoms with Crippen LogP contribution in [-0.4, -0.2) is 30.1 Å². The van der Waals surface area contributed by atoms with Gasteiger partial charge in [0.25, 0.3) is 0 Å². The first kappa shape index (κ1) is 13.9. The Hall–Kier alpha value is -0.520. The molecule has 0 aromatic heterocycles. The summed E-state index contributed by atoms with van der Waals surface area (Å²) in [6.45, 7) is 2.18. The molecular weight excluding hydrogens is 314 g/mol. The number of hydrogen-bond acceptors (Lipinski definition) is 4. The van der Waals surface area contributed by atoms with E-state index >= 15 is 0 Å². The molecule has 3 nitrogen and oxygen atoms in total. The van der Waals surface area contributed by atoms with Gasteiger partial charge in [-0.3, -0.25) is 10.1 Å². The first-order chi connectivity index (χ1) is 8.61. The molecule has 1 aliphatic heterocycles. The van der Waals surface area contributed by atoms with Crippen molar-refractivity contribution >= 4 is 33.7 Å². The third kappa shape index (κ3) is 3.08. The second kappa shape index (κ2) is 6.08. The van der Waals surface area contributed by atoms with Crippen LogP contribution in [0.1, 0.15) is 18.5 Å². The Morgan fingerprint density at radius 3 is 2.72 bits per heavy atom. The molecule has 1 aromatic rings. The highest BCUT2D eigenvalue weighted by molar-refractivity contribution is 9.10. The summed E-state index contributed by atoms with van der Waals surface area (Å²) < 4.78 is 5.87. The van der Waals surface area contributed by atoms with Crippen molar-refractivity contribution in [3.63, 3.8) is 0 Å². The molecule has 0 aliphatic carbocycles. The molecule has 5 heteroatoms. The van der Waals surface area contributed by atoms with E-state index in [-0.39, 0.29) is 18.1 Å². The van der Waals surface area contributed by atoms with E-state index < -0.39 is 0 Å². The van der Waals surface area contributed by atoms with Crippen LogP contribution >= 0.6 is 27.7 Å². The van der Waals surface area contributed by atoms with E-state index in [1.165, 1.54) is 12.7 Å². The SMILES string of the molecule is COC(=O)C1CSC(C)C(c2ccc(Br)cc2)N1. The molecule has 0 amide bonds. The van der Waals surface area contributed by atoms with Gasteiger partial charge in [0, 0.05) is 21.5 Å². The largest absolute Gasteiger partial charge is 0.468 e. The minimum atomic E-state index is -0.218. The number of halogens is 1. The van der Waals surface area contributed by atoms with Crippen molar-refractivity contribution in [2.45, 2.75) is 24.3 Å². The van der Waals surface area contributed by atoms with Gasteiger partial charge >= 0.3 is 5.97 Å². The molecule has 0 spiro atoms. The summed E-state index contributed by atoms with van der Waals surface area (Å²) in [5, 5.41) is 3.82. The molecule has 1 aromatic carbocycles. The third-order valence-electron chi connectivity index (χ3n) is 3.09. The van der Waals surface area contributed by atoms with Crippen LogP contribution in [-0.2, 0) is 9.53 Å². The van der Waals surface area contributed by atoms with Gasteiger partial charge in [-0.15, -0.1) is 0 Å². The zero-order chi connectivity index (χ0) is 13.1. The van der Waals surface area contributed by atoms with Gasteiger partial charge in [0.15, 0.2) is 0 Å². The summed E-state index contributed by atoms with van der Waals surface area (Å²) in [4.78, 5) is 11.6. The Morgan fingerprint density at radius 2 is 2.11 bits per heavy atom. The summed E-state index contributed by atoms with van der Waals surface area (Å²) in [7, 11) is 1.43. The molecule has 18 heavy (non-hydrogen) atoms. The highest BCUT2D eigenvalue weighted by Gasteiger charge is 2.32. The molecule has 3 atom stereocenters. The van der Waals surface area contributed by atoms with E-state index in [0.29, 0.717) is 5.25 Å². The highest BCUT2D eigenvalue weighted by Crippen LogP contribution is 2.32. The maximum Gasteiger partial charge on any atom is 0.323 e. The van der Waals surface area contributed by atoms with Crippen LogP contribution in [0.15, 0.2) is 28.7 Å². The standard InChI is InChI=1S/C13H16BrNO2S/c1-8-12(9-3-5-10(14)6-4-9)15-11(7-18-8)13(16)17-2/h3-6,8,11-12,15H,7H2,1-2H3. The second-order valence-corrected chi connectivity index (χ2v) is 6.64. The molecular formula is C13H16BrNO2S. The van der Waals surface area contributed by atoms with Gasteiger partial charge in [0.05, 0.1) is 7.11 Å². The van der Waals surface area contributed by atoms with Crippen molar-refractivity contribution < 1.29 is 9.53 Å². The van der Waals surface area contributed by atoms with E-state index in [0.717, 1.165) is 10.2 Å². The Bertz CT molecular complexity index is 424. The summed E-state index contributed by atoms with van der Waals surface area (Å²) >= 11 is 5.23. The Morgan fingerprint density at radius 1 is 1.44 bits per heavy atom. The van der Waals surface area contributed by atoms with Gasteiger partial charge in [-0.05, 0) is 17.7 Å². The Kier molecular flexibility index (Phi) is 4.70. The van der Waals surface area contributed by atoms with Gasteiger partial charge in [0.2, 0.25) is 0 Å².